The number of benzene rings is 3. The second-order valence-corrected chi connectivity index (χ2v) is 10.5. The van der Waals surface area contributed by atoms with Crippen molar-refractivity contribution in [3.05, 3.63) is 82.4 Å². The van der Waals surface area contributed by atoms with E-state index in [1.165, 1.54) is 30.3 Å². The highest BCUT2D eigenvalue weighted by Crippen LogP contribution is 2.34. The van der Waals surface area contributed by atoms with Crippen molar-refractivity contribution in [1.29, 1.82) is 0 Å². The molecule has 41 heavy (non-hydrogen) atoms. The van der Waals surface area contributed by atoms with E-state index in [0.29, 0.717) is 17.2 Å². The number of nitrogens with zero attached hydrogens (tertiary/aromatic N) is 1. The number of hydrogen-bond donors (Lipinski definition) is 6. The molecule has 0 radical (unpaired) electrons. The maximum Gasteiger partial charge on any atom is 0.338 e. The lowest BCUT2D eigenvalue weighted by molar-refractivity contribution is 0.0596. The molecule has 3 saturated heterocycles. The number of aryl methyl sites for hydroxylation is 1. The fourth-order valence-electron chi connectivity index (χ4n) is 5.40. The quantitative estimate of drug-likeness (QED) is 0.194. The number of fused-ring (bicyclic) bond motifs is 4. The van der Waals surface area contributed by atoms with E-state index in [4.69, 9.17) is 0 Å². The minimum absolute atomic E-state index is 0.156. The van der Waals surface area contributed by atoms with Crippen LogP contribution < -0.4 is 5.32 Å². The molecule has 3 aliphatic rings. The Morgan fingerprint density at radius 2 is 1.56 bits per heavy atom. The van der Waals surface area contributed by atoms with Gasteiger partial charge in [-0.3, -0.25) is 4.79 Å². The maximum absolute atomic E-state index is 12.6. The minimum Gasteiger partial charge on any atom is -0.508 e. The molecule has 0 amide bonds. The van der Waals surface area contributed by atoms with Gasteiger partial charge in [-0.05, 0) is 86.3 Å². The van der Waals surface area contributed by atoms with Gasteiger partial charge < -0.3 is 40.5 Å². The Morgan fingerprint density at radius 3 is 2.17 bits per heavy atom. The van der Waals surface area contributed by atoms with Gasteiger partial charge >= 0.3 is 5.97 Å². The summed E-state index contributed by atoms with van der Waals surface area (Å²) >= 11 is 0. The standard InChI is InChI=1S/C16H14O6.C15H22N2O2/c1-8-6-11(18)14(12(19)7-8)15(20)13-9(16(21)22-2)4-3-5-10(13)17;18-13-3-1-11(2-4-13)9-16-14-10-17-7-5-12(6-8-17)15(14)19/h3-7,17-19H,1-2H3;1-4,12,14-16,18-19H,5-10H2/t;14-,15?/m.1/s1. The number of esters is 1. The Bertz CT molecular complexity index is 1360. The van der Waals surface area contributed by atoms with Crippen molar-refractivity contribution in [2.75, 3.05) is 26.7 Å². The molecule has 3 heterocycles. The summed E-state index contributed by atoms with van der Waals surface area (Å²) in [6.45, 7) is 5.56. The van der Waals surface area contributed by atoms with Crippen LogP contribution in [0.3, 0.4) is 0 Å². The highest BCUT2D eigenvalue weighted by molar-refractivity contribution is 6.18. The van der Waals surface area contributed by atoms with Crippen LogP contribution in [-0.2, 0) is 11.3 Å². The number of ether oxygens (including phenoxy) is 1. The number of ketones is 1. The van der Waals surface area contributed by atoms with Crippen LogP contribution >= 0.6 is 0 Å². The number of carbonyl (C=O) groups is 2. The van der Waals surface area contributed by atoms with Crippen LogP contribution in [0.2, 0.25) is 0 Å². The molecule has 0 aromatic heterocycles. The van der Waals surface area contributed by atoms with E-state index >= 15 is 0 Å². The van der Waals surface area contributed by atoms with E-state index in [1.54, 1.807) is 19.1 Å². The van der Waals surface area contributed by atoms with Gasteiger partial charge in [-0.15, -0.1) is 0 Å². The highest BCUT2D eigenvalue weighted by atomic mass is 16.5. The molecule has 10 nitrogen and oxygen atoms in total. The number of phenolic OH excluding ortho intramolecular Hbond substituents is 4. The van der Waals surface area contributed by atoms with Crippen molar-refractivity contribution in [1.82, 2.24) is 10.2 Å². The highest BCUT2D eigenvalue weighted by Gasteiger charge is 2.36. The Hall–Kier alpha value is -4.12. The fourth-order valence-corrected chi connectivity index (χ4v) is 5.40. The number of carbonyl (C=O) groups excluding carboxylic acids is 2. The summed E-state index contributed by atoms with van der Waals surface area (Å²) in [5.41, 5.74) is 0.793. The van der Waals surface area contributed by atoms with Crippen LogP contribution in [0.15, 0.2) is 54.6 Å². The van der Waals surface area contributed by atoms with Gasteiger partial charge in [0.25, 0.3) is 0 Å². The summed E-state index contributed by atoms with van der Waals surface area (Å²) in [5, 5.41) is 52.9. The Labute approximate surface area is 238 Å². The number of piperidine rings is 1. The molecular formula is C31H36N2O8. The van der Waals surface area contributed by atoms with Crippen molar-refractivity contribution in [3.8, 4) is 23.0 Å². The Kier molecular flexibility index (Phi) is 9.49. The molecule has 10 heteroatoms. The van der Waals surface area contributed by atoms with Crippen molar-refractivity contribution >= 4 is 11.8 Å². The zero-order valence-electron chi connectivity index (χ0n) is 23.1. The third kappa shape index (κ3) is 6.97. The number of phenols is 4. The molecule has 0 saturated carbocycles. The Balaban J connectivity index is 0.000000191. The van der Waals surface area contributed by atoms with Crippen molar-refractivity contribution < 1.29 is 39.9 Å². The molecule has 2 atom stereocenters. The number of aromatic hydroxyl groups is 4. The van der Waals surface area contributed by atoms with E-state index in [2.05, 4.69) is 15.0 Å². The molecule has 1 unspecified atom stereocenters. The molecular weight excluding hydrogens is 528 g/mol. The average molecular weight is 565 g/mol. The molecule has 0 aliphatic carbocycles. The predicted octanol–water partition coefficient (Wildman–Crippen LogP) is 3.07. The lowest BCUT2D eigenvalue weighted by atomic mass is 9.91. The number of aliphatic hydroxyl groups excluding tert-OH is 1. The molecule has 3 aliphatic heterocycles. The third-order valence-corrected chi connectivity index (χ3v) is 7.63. The number of nitrogens with one attached hydrogen (secondary N) is 1. The SMILES string of the molecule is COC(=O)c1cccc(O)c1C(=O)c1c(O)cc(C)cc1O.Oc1ccc(CN[C@@H]2CN3CCC(CC3)C2O)cc1. The monoisotopic (exact) mass is 564 g/mol. The largest absolute Gasteiger partial charge is 0.508 e. The molecule has 2 bridgehead atoms. The topological polar surface area (TPSA) is 160 Å². The number of methoxy groups -OCH3 is 1. The van der Waals surface area contributed by atoms with Crippen LogP contribution in [0.1, 0.15) is 50.2 Å². The summed E-state index contributed by atoms with van der Waals surface area (Å²) in [4.78, 5) is 26.8. The van der Waals surface area contributed by atoms with E-state index in [1.807, 2.05) is 12.1 Å². The summed E-state index contributed by atoms with van der Waals surface area (Å²) < 4.78 is 4.57. The van der Waals surface area contributed by atoms with Gasteiger partial charge in [0, 0.05) is 19.1 Å². The number of aliphatic hydroxyl groups is 1. The molecule has 0 spiro atoms. The van der Waals surface area contributed by atoms with Crippen LogP contribution in [0.5, 0.6) is 23.0 Å². The van der Waals surface area contributed by atoms with E-state index in [-0.39, 0.29) is 23.3 Å². The zero-order chi connectivity index (χ0) is 29.7. The van der Waals surface area contributed by atoms with Crippen LogP contribution in [0, 0.1) is 12.8 Å². The van der Waals surface area contributed by atoms with Crippen molar-refractivity contribution in [2.45, 2.75) is 38.5 Å². The minimum atomic E-state index is -0.881. The van der Waals surface area contributed by atoms with Gasteiger partial charge in [-0.2, -0.15) is 0 Å². The van der Waals surface area contributed by atoms with Gasteiger partial charge in [0.05, 0.1) is 24.3 Å². The summed E-state index contributed by atoms with van der Waals surface area (Å²) in [6.07, 6.45) is 2.02. The van der Waals surface area contributed by atoms with Gasteiger partial charge in [0.2, 0.25) is 5.78 Å². The first-order valence-electron chi connectivity index (χ1n) is 13.5. The second kappa shape index (κ2) is 13.0. The molecule has 6 N–H and O–H groups in total. The number of hydrogen-bond acceptors (Lipinski definition) is 10. The van der Waals surface area contributed by atoms with E-state index < -0.39 is 34.6 Å². The van der Waals surface area contributed by atoms with Crippen LogP contribution in [0.25, 0.3) is 0 Å². The zero-order valence-corrected chi connectivity index (χ0v) is 23.1. The molecule has 3 fully saturated rings. The van der Waals surface area contributed by atoms with Crippen LogP contribution in [0.4, 0.5) is 0 Å². The second-order valence-electron chi connectivity index (χ2n) is 10.5. The van der Waals surface area contributed by atoms with Crippen molar-refractivity contribution in [2.24, 2.45) is 5.92 Å². The third-order valence-electron chi connectivity index (χ3n) is 7.63. The summed E-state index contributed by atoms with van der Waals surface area (Å²) in [5.74, 6) is -2.28. The summed E-state index contributed by atoms with van der Waals surface area (Å²) in [6, 6.07) is 13.9. The van der Waals surface area contributed by atoms with E-state index in [0.717, 1.165) is 51.7 Å². The molecule has 218 valence electrons. The lowest BCUT2D eigenvalue weighted by Gasteiger charge is -2.27. The Morgan fingerprint density at radius 1 is 0.927 bits per heavy atom. The first-order chi connectivity index (χ1) is 19.6. The maximum atomic E-state index is 12.6. The van der Waals surface area contributed by atoms with Crippen molar-refractivity contribution in [3.63, 3.8) is 0 Å². The lowest BCUT2D eigenvalue weighted by Crippen LogP contribution is -2.45. The fraction of sp³-hybridized carbons (Fsp3) is 0.355. The molecule has 3 aromatic carbocycles. The van der Waals surface area contributed by atoms with Gasteiger partial charge in [0.1, 0.15) is 28.6 Å². The molecule has 3 aromatic rings. The predicted molar refractivity (Wildman–Crippen MR) is 151 cm³/mol. The summed E-state index contributed by atoms with van der Waals surface area (Å²) in [7, 11) is 1.14. The number of rotatable bonds is 6. The van der Waals surface area contributed by atoms with Gasteiger partial charge in [-0.1, -0.05) is 18.2 Å². The first-order valence-corrected chi connectivity index (χ1v) is 13.5. The van der Waals surface area contributed by atoms with E-state index in [9.17, 15) is 35.1 Å². The average Bonchev–Trinajstić information content (AvgIpc) is 3.19. The van der Waals surface area contributed by atoms with Gasteiger partial charge in [-0.25, -0.2) is 4.79 Å². The smallest absolute Gasteiger partial charge is 0.338 e. The van der Waals surface area contributed by atoms with Gasteiger partial charge in [0.15, 0.2) is 0 Å². The molecule has 6 rings (SSSR count). The first kappa shape index (κ1) is 29.9. The normalized spacial score (nSPS) is 21.3. The van der Waals surface area contributed by atoms with Crippen LogP contribution in [-0.4, -0.2) is 81.1 Å².